The van der Waals surface area contributed by atoms with E-state index in [9.17, 15) is 19.5 Å². The quantitative estimate of drug-likeness (QED) is 0.465. The number of hydrazine groups is 1. The Morgan fingerprint density at radius 2 is 1.76 bits per heavy atom. The zero-order valence-electron chi connectivity index (χ0n) is 16.8. The van der Waals surface area contributed by atoms with Crippen LogP contribution in [-0.2, 0) is 4.79 Å². The van der Waals surface area contributed by atoms with Crippen molar-refractivity contribution < 1.29 is 19.5 Å². The standard InChI is InChI=1S/C22H27N3O4/c1-3-4-5-6-9-12-22(2)20(28)25(21(29)23-22)24-19(27)17-13-15-10-7-8-11-16(15)14-18(17)26/h7-8,10-11,13-14,26H,3-6,9,12H2,1-2H3,(H,23,29)(H,24,27)/t22-/m0/s1. The van der Waals surface area contributed by atoms with Gasteiger partial charge in [0, 0.05) is 0 Å². The number of phenols is 1. The number of fused-ring (bicyclic) bond motifs is 1. The van der Waals surface area contributed by atoms with E-state index in [0.29, 0.717) is 11.4 Å². The molecule has 0 bridgehead atoms. The summed E-state index contributed by atoms with van der Waals surface area (Å²) in [5, 5.41) is 15.2. The van der Waals surface area contributed by atoms with Crippen molar-refractivity contribution in [1.29, 1.82) is 0 Å². The second-order valence-electron chi connectivity index (χ2n) is 7.72. The highest BCUT2D eigenvalue weighted by Crippen LogP contribution is 2.26. The highest BCUT2D eigenvalue weighted by Gasteiger charge is 2.48. The van der Waals surface area contributed by atoms with Crippen molar-refractivity contribution in [3.8, 4) is 5.75 Å². The molecule has 1 aliphatic heterocycles. The van der Waals surface area contributed by atoms with Gasteiger partial charge in [0.25, 0.3) is 11.8 Å². The van der Waals surface area contributed by atoms with Gasteiger partial charge in [-0.3, -0.25) is 15.0 Å². The van der Waals surface area contributed by atoms with Crippen LogP contribution in [0.25, 0.3) is 10.8 Å². The highest BCUT2D eigenvalue weighted by molar-refractivity contribution is 6.10. The molecular weight excluding hydrogens is 370 g/mol. The number of rotatable bonds is 8. The molecule has 7 nitrogen and oxygen atoms in total. The molecule has 3 N–H and O–H groups in total. The first-order valence-electron chi connectivity index (χ1n) is 10.0. The molecule has 1 aliphatic rings. The van der Waals surface area contributed by atoms with E-state index in [1.807, 2.05) is 24.3 Å². The largest absolute Gasteiger partial charge is 0.507 e. The van der Waals surface area contributed by atoms with Crippen LogP contribution < -0.4 is 10.7 Å². The average Bonchev–Trinajstić information content (AvgIpc) is 2.90. The molecule has 1 saturated heterocycles. The molecule has 0 spiro atoms. The Bertz CT molecular complexity index is 943. The van der Waals surface area contributed by atoms with Crippen molar-refractivity contribution >= 4 is 28.6 Å². The van der Waals surface area contributed by atoms with Crippen LogP contribution in [0.5, 0.6) is 5.75 Å². The molecule has 0 unspecified atom stereocenters. The molecule has 0 aromatic heterocycles. The molecule has 154 valence electrons. The predicted molar refractivity (Wildman–Crippen MR) is 110 cm³/mol. The van der Waals surface area contributed by atoms with Crippen molar-refractivity contribution in [2.45, 2.75) is 57.9 Å². The van der Waals surface area contributed by atoms with E-state index in [1.165, 1.54) is 12.1 Å². The molecule has 1 atom stereocenters. The van der Waals surface area contributed by atoms with Crippen LogP contribution in [0.3, 0.4) is 0 Å². The summed E-state index contributed by atoms with van der Waals surface area (Å²) in [5.41, 5.74) is 1.30. The molecule has 0 aliphatic carbocycles. The van der Waals surface area contributed by atoms with Crippen LogP contribution in [0.4, 0.5) is 4.79 Å². The number of nitrogens with zero attached hydrogens (tertiary/aromatic N) is 1. The molecule has 2 aromatic carbocycles. The number of carbonyl (C=O) groups is 3. The Labute approximate surface area is 170 Å². The third-order valence-corrected chi connectivity index (χ3v) is 5.36. The first-order valence-corrected chi connectivity index (χ1v) is 10.0. The number of amides is 4. The predicted octanol–water partition coefficient (Wildman–Crippen LogP) is 3.86. The minimum atomic E-state index is -1.04. The summed E-state index contributed by atoms with van der Waals surface area (Å²) in [7, 11) is 0. The van der Waals surface area contributed by atoms with Gasteiger partial charge in [-0.05, 0) is 36.2 Å². The lowest BCUT2D eigenvalue weighted by molar-refractivity contribution is -0.132. The summed E-state index contributed by atoms with van der Waals surface area (Å²) in [5.74, 6) is -1.43. The number of unbranched alkanes of at least 4 members (excludes halogenated alkanes) is 4. The van der Waals surface area contributed by atoms with Crippen molar-refractivity contribution in [2.24, 2.45) is 0 Å². The lowest BCUT2D eigenvalue weighted by atomic mass is 9.94. The molecule has 29 heavy (non-hydrogen) atoms. The van der Waals surface area contributed by atoms with Gasteiger partial charge in [0.1, 0.15) is 11.3 Å². The lowest BCUT2D eigenvalue weighted by Crippen LogP contribution is -2.48. The molecule has 2 aromatic rings. The van der Waals surface area contributed by atoms with E-state index in [2.05, 4.69) is 17.7 Å². The van der Waals surface area contributed by atoms with Crippen LogP contribution in [-0.4, -0.2) is 33.5 Å². The van der Waals surface area contributed by atoms with Gasteiger partial charge in [0.05, 0.1) is 5.56 Å². The van der Waals surface area contributed by atoms with Gasteiger partial charge in [-0.2, -0.15) is 5.01 Å². The highest BCUT2D eigenvalue weighted by atomic mass is 16.3. The van der Waals surface area contributed by atoms with E-state index in [1.54, 1.807) is 6.92 Å². The smallest absolute Gasteiger partial charge is 0.344 e. The minimum Gasteiger partial charge on any atom is -0.507 e. The number of imide groups is 1. The zero-order valence-corrected chi connectivity index (χ0v) is 16.8. The van der Waals surface area contributed by atoms with Gasteiger partial charge < -0.3 is 10.4 Å². The van der Waals surface area contributed by atoms with E-state index in [-0.39, 0.29) is 11.3 Å². The Hall–Kier alpha value is -3.09. The van der Waals surface area contributed by atoms with Crippen LogP contribution >= 0.6 is 0 Å². The molecule has 7 heteroatoms. The number of hydrogen-bond donors (Lipinski definition) is 3. The third-order valence-electron chi connectivity index (χ3n) is 5.36. The summed E-state index contributed by atoms with van der Waals surface area (Å²) < 4.78 is 0. The summed E-state index contributed by atoms with van der Waals surface area (Å²) in [6, 6.07) is 9.64. The van der Waals surface area contributed by atoms with Crippen molar-refractivity contribution in [3.05, 3.63) is 42.0 Å². The summed E-state index contributed by atoms with van der Waals surface area (Å²) in [6.45, 7) is 3.81. The Kier molecular flexibility index (Phi) is 6.06. The maximum Gasteiger partial charge on any atom is 0.344 e. The normalized spacial score (nSPS) is 18.9. The second-order valence-corrected chi connectivity index (χ2v) is 7.72. The monoisotopic (exact) mass is 397 g/mol. The van der Waals surface area contributed by atoms with Crippen molar-refractivity contribution in [2.75, 3.05) is 0 Å². The van der Waals surface area contributed by atoms with Gasteiger partial charge in [-0.1, -0.05) is 63.3 Å². The maximum atomic E-state index is 12.8. The van der Waals surface area contributed by atoms with Crippen molar-refractivity contribution in [3.63, 3.8) is 0 Å². The number of nitrogens with one attached hydrogen (secondary N) is 2. The summed E-state index contributed by atoms with van der Waals surface area (Å²) in [6.07, 6.45) is 5.69. The van der Waals surface area contributed by atoms with Gasteiger partial charge in [-0.15, -0.1) is 0 Å². The molecular formula is C22H27N3O4. The lowest BCUT2D eigenvalue weighted by Gasteiger charge is -2.21. The average molecular weight is 397 g/mol. The van der Waals surface area contributed by atoms with Gasteiger partial charge >= 0.3 is 6.03 Å². The first kappa shape index (κ1) is 20.6. The van der Waals surface area contributed by atoms with Gasteiger partial charge in [-0.25, -0.2) is 4.79 Å². The third kappa shape index (κ3) is 4.34. The van der Waals surface area contributed by atoms with E-state index in [0.717, 1.165) is 42.9 Å². The maximum absolute atomic E-state index is 12.8. The van der Waals surface area contributed by atoms with Crippen LogP contribution in [0, 0.1) is 0 Å². The zero-order chi connectivity index (χ0) is 21.0. The molecule has 1 fully saturated rings. The summed E-state index contributed by atoms with van der Waals surface area (Å²) in [4.78, 5) is 37.8. The van der Waals surface area contributed by atoms with E-state index in [4.69, 9.17) is 0 Å². The number of benzene rings is 2. The molecule has 0 saturated carbocycles. The first-order chi connectivity index (χ1) is 13.9. The Morgan fingerprint density at radius 1 is 1.10 bits per heavy atom. The number of carbonyl (C=O) groups excluding carboxylic acids is 3. The van der Waals surface area contributed by atoms with Crippen molar-refractivity contribution in [1.82, 2.24) is 15.8 Å². The number of aromatic hydroxyl groups is 1. The molecule has 3 rings (SSSR count). The number of phenolic OH excluding ortho intramolecular Hbond substituents is 1. The molecule has 0 radical (unpaired) electrons. The van der Waals surface area contributed by atoms with Gasteiger partial charge in [0.15, 0.2) is 0 Å². The topological polar surface area (TPSA) is 98.7 Å². The van der Waals surface area contributed by atoms with Gasteiger partial charge in [0.2, 0.25) is 0 Å². The SMILES string of the molecule is CCCCCCC[C@]1(C)NC(=O)N(NC(=O)c2cc3ccccc3cc2O)C1=O. The number of urea groups is 1. The number of hydrogen-bond acceptors (Lipinski definition) is 4. The fourth-order valence-electron chi connectivity index (χ4n) is 3.61. The molecule has 4 amide bonds. The Balaban J connectivity index is 1.69. The summed E-state index contributed by atoms with van der Waals surface area (Å²) >= 11 is 0. The van der Waals surface area contributed by atoms with E-state index >= 15 is 0 Å². The Morgan fingerprint density at radius 3 is 2.45 bits per heavy atom. The van der Waals surface area contributed by atoms with E-state index < -0.39 is 23.4 Å². The van der Waals surface area contributed by atoms with Crippen LogP contribution in [0.15, 0.2) is 36.4 Å². The molecule has 1 heterocycles. The second kappa shape index (κ2) is 8.51. The van der Waals surface area contributed by atoms with Crippen LogP contribution in [0.2, 0.25) is 0 Å². The minimum absolute atomic E-state index is 0.00234. The fourth-order valence-corrected chi connectivity index (χ4v) is 3.61. The fraction of sp³-hybridized carbons (Fsp3) is 0.409. The van der Waals surface area contributed by atoms with Crippen LogP contribution in [0.1, 0.15) is 62.7 Å².